The van der Waals surface area contributed by atoms with E-state index in [-0.39, 0.29) is 5.02 Å². The van der Waals surface area contributed by atoms with E-state index in [1.807, 2.05) is 0 Å². The molecule has 1 heterocycles. The van der Waals surface area contributed by atoms with Gasteiger partial charge < -0.3 is 4.57 Å². The Morgan fingerprint density at radius 2 is 2.16 bits per heavy atom. The first-order chi connectivity index (χ1) is 9.06. The van der Waals surface area contributed by atoms with Crippen LogP contribution < -0.4 is 0 Å². The highest BCUT2D eigenvalue weighted by Crippen LogP contribution is 2.25. The van der Waals surface area contributed by atoms with Crippen LogP contribution in [0.4, 0.5) is 4.39 Å². The number of imidazole rings is 1. The average Bonchev–Trinajstić information content (AvgIpc) is 2.68. The first-order valence-electron chi connectivity index (χ1n) is 6.47. The highest BCUT2D eigenvalue weighted by molar-refractivity contribution is 6.31. The van der Waals surface area contributed by atoms with Crippen molar-refractivity contribution in [3.63, 3.8) is 0 Å². The van der Waals surface area contributed by atoms with Crippen LogP contribution >= 0.6 is 23.2 Å². The number of fused-ring (bicyclic) bond motifs is 1. The molecule has 2 rings (SSSR count). The minimum absolute atomic E-state index is 0.109. The Morgan fingerprint density at radius 3 is 2.79 bits per heavy atom. The SMILES string of the molecule is CCC(C)Cn1c(CCCl)nc2cc(Cl)c(F)cc21. The predicted molar refractivity (Wildman–Crippen MR) is 78.6 cm³/mol. The van der Waals surface area contributed by atoms with Crippen LogP contribution in [0, 0.1) is 11.7 Å². The van der Waals surface area contributed by atoms with Crippen LogP contribution in [0.15, 0.2) is 12.1 Å². The van der Waals surface area contributed by atoms with Crippen molar-refractivity contribution in [3.8, 4) is 0 Å². The standard InChI is InChI=1S/C14H17Cl2FN2/c1-3-9(2)8-19-13-7-11(17)10(16)6-12(13)18-14(19)4-5-15/h6-7,9H,3-5,8H2,1-2H3. The van der Waals surface area contributed by atoms with Gasteiger partial charge in [0, 0.05) is 24.9 Å². The summed E-state index contributed by atoms with van der Waals surface area (Å²) in [6, 6.07) is 3.04. The number of hydrogen-bond acceptors (Lipinski definition) is 1. The van der Waals surface area contributed by atoms with Gasteiger partial charge in [0.1, 0.15) is 11.6 Å². The van der Waals surface area contributed by atoms with E-state index in [1.54, 1.807) is 6.07 Å². The number of alkyl halides is 1. The van der Waals surface area contributed by atoms with Crippen molar-refractivity contribution < 1.29 is 4.39 Å². The monoisotopic (exact) mass is 302 g/mol. The third kappa shape index (κ3) is 3.03. The molecule has 0 fully saturated rings. The molecule has 0 amide bonds. The molecule has 0 aliphatic carbocycles. The number of nitrogens with zero attached hydrogens (tertiary/aromatic N) is 2. The van der Waals surface area contributed by atoms with E-state index in [0.29, 0.717) is 18.2 Å². The number of aromatic nitrogens is 2. The summed E-state index contributed by atoms with van der Waals surface area (Å²) in [5, 5.41) is 0.109. The van der Waals surface area contributed by atoms with Crippen molar-refractivity contribution in [1.82, 2.24) is 9.55 Å². The third-order valence-electron chi connectivity index (χ3n) is 3.38. The van der Waals surface area contributed by atoms with Gasteiger partial charge in [0.2, 0.25) is 0 Å². The Balaban J connectivity index is 2.55. The average molecular weight is 303 g/mol. The summed E-state index contributed by atoms with van der Waals surface area (Å²) in [7, 11) is 0. The molecule has 0 radical (unpaired) electrons. The van der Waals surface area contributed by atoms with E-state index in [2.05, 4.69) is 23.4 Å². The molecule has 1 unspecified atom stereocenters. The molecule has 1 atom stereocenters. The lowest BCUT2D eigenvalue weighted by atomic mass is 10.1. The molecule has 1 aromatic heterocycles. The largest absolute Gasteiger partial charge is 0.328 e. The summed E-state index contributed by atoms with van der Waals surface area (Å²) in [5.41, 5.74) is 1.53. The summed E-state index contributed by atoms with van der Waals surface area (Å²) in [4.78, 5) is 4.52. The zero-order valence-corrected chi connectivity index (χ0v) is 12.6. The maximum atomic E-state index is 13.6. The van der Waals surface area contributed by atoms with Crippen LogP contribution in [0.2, 0.25) is 5.02 Å². The first-order valence-corrected chi connectivity index (χ1v) is 7.38. The van der Waals surface area contributed by atoms with Crippen LogP contribution in [-0.2, 0) is 13.0 Å². The Labute approximate surface area is 122 Å². The smallest absolute Gasteiger partial charge is 0.144 e. The van der Waals surface area contributed by atoms with Crippen LogP contribution in [0.25, 0.3) is 11.0 Å². The minimum atomic E-state index is -0.406. The van der Waals surface area contributed by atoms with Gasteiger partial charge in [-0.25, -0.2) is 9.37 Å². The second-order valence-electron chi connectivity index (χ2n) is 4.85. The van der Waals surface area contributed by atoms with Crippen LogP contribution in [0.3, 0.4) is 0 Å². The molecule has 19 heavy (non-hydrogen) atoms. The summed E-state index contributed by atoms with van der Waals surface area (Å²) in [6.07, 6.45) is 1.74. The molecule has 0 aliphatic heterocycles. The zero-order chi connectivity index (χ0) is 14.0. The molecule has 2 nitrogen and oxygen atoms in total. The van der Waals surface area contributed by atoms with E-state index < -0.39 is 5.82 Å². The molecule has 0 N–H and O–H groups in total. The fraction of sp³-hybridized carbons (Fsp3) is 0.500. The van der Waals surface area contributed by atoms with Crippen molar-refractivity contribution in [1.29, 1.82) is 0 Å². The highest BCUT2D eigenvalue weighted by Gasteiger charge is 2.14. The van der Waals surface area contributed by atoms with Crippen LogP contribution in [0.5, 0.6) is 0 Å². The summed E-state index contributed by atoms with van der Waals surface area (Å²) in [5.74, 6) is 1.49. The lowest BCUT2D eigenvalue weighted by Crippen LogP contribution is -2.10. The van der Waals surface area contributed by atoms with Crippen LogP contribution in [0.1, 0.15) is 26.1 Å². The van der Waals surface area contributed by atoms with Crippen molar-refractivity contribution in [2.24, 2.45) is 5.92 Å². The summed E-state index contributed by atoms with van der Waals surface area (Å²) < 4.78 is 15.7. The van der Waals surface area contributed by atoms with E-state index in [0.717, 1.165) is 29.8 Å². The maximum Gasteiger partial charge on any atom is 0.144 e. The number of aryl methyl sites for hydroxylation is 1. The number of halogens is 3. The molecule has 104 valence electrons. The van der Waals surface area contributed by atoms with E-state index in [4.69, 9.17) is 23.2 Å². The second kappa shape index (κ2) is 6.10. The number of rotatable bonds is 5. The minimum Gasteiger partial charge on any atom is -0.328 e. The van der Waals surface area contributed by atoms with E-state index >= 15 is 0 Å². The van der Waals surface area contributed by atoms with Crippen molar-refractivity contribution in [2.45, 2.75) is 33.2 Å². The third-order valence-corrected chi connectivity index (χ3v) is 3.86. The van der Waals surface area contributed by atoms with E-state index in [9.17, 15) is 4.39 Å². The lowest BCUT2D eigenvalue weighted by Gasteiger charge is -2.13. The van der Waals surface area contributed by atoms with Gasteiger partial charge in [0.15, 0.2) is 0 Å². The lowest BCUT2D eigenvalue weighted by molar-refractivity contribution is 0.466. The van der Waals surface area contributed by atoms with Crippen LogP contribution in [-0.4, -0.2) is 15.4 Å². The second-order valence-corrected chi connectivity index (χ2v) is 5.63. The van der Waals surface area contributed by atoms with Gasteiger partial charge in [0.25, 0.3) is 0 Å². The fourth-order valence-electron chi connectivity index (χ4n) is 2.09. The van der Waals surface area contributed by atoms with Gasteiger partial charge in [-0.1, -0.05) is 31.9 Å². The number of benzene rings is 1. The normalized spacial score (nSPS) is 13.1. The number of hydrogen-bond donors (Lipinski definition) is 0. The zero-order valence-electron chi connectivity index (χ0n) is 11.1. The Bertz CT molecular complexity index is 580. The van der Waals surface area contributed by atoms with Gasteiger partial charge in [-0.3, -0.25) is 0 Å². The Kier molecular flexibility index (Phi) is 4.69. The van der Waals surface area contributed by atoms with Gasteiger partial charge in [0.05, 0.1) is 16.1 Å². The molecule has 0 spiro atoms. The molecule has 1 aromatic carbocycles. The molecule has 0 aliphatic rings. The van der Waals surface area contributed by atoms with Gasteiger partial charge in [-0.05, 0) is 12.0 Å². The van der Waals surface area contributed by atoms with Crippen molar-refractivity contribution in [2.75, 3.05) is 5.88 Å². The maximum absolute atomic E-state index is 13.6. The van der Waals surface area contributed by atoms with E-state index in [1.165, 1.54) is 6.07 Å². The molecule has 0 saturated heterocycles. The first kappa shape index (κ1) is 14.6. The highest BCUT2D eigenvalue weighted by atomic mass is 35.5. The molecular weight excluding hydrogens is 286 g/mol. The summed E-state index contributed by atoms with van der Waals surface area (Å²) in [6.45, 7) is 5.13. The molecule has 5 heteroatoms. The fourth-order valence-corrected chi connectivity index (χ4v) is 2.42. The topological polar surface area (TPSA) is 17.8 Å². The Morgan fingerprint density at radius 1 is 1.42 bits per heavy atom. The Hall–Kier alpha value is -0.800. The van der Waals surface area contributed by atoms with Crippen molar-refractivity contribution in [3.05, 3.63) is 28.8 Å². The molecular formula is C14H17Cl2FN2. The molecule has 2 aromatic rings. The van der Waals surface area contributed by atoms with Crippen molar-refractivity contribution >= 4 is 34.2 Å². The summed E-state index contributed by atoms with van der Waals surface area (Å²) >= 11 is 11.6. The molecule has 0 bridgehead atoms. The van der Waals surface area contributed by atoms with Gasteiger partial charge >= 0.3 is 0 Å². The van der Waals surface area contributed by atoms with Gasteiger partial charge in [-0.2, -0.15) is 0 Å². The molecule has 0 saturated carbocycles. The van der Waals surface area contributed by atoms with Gasteiger partial charge in [-0.15, -0.1) is 11.6 Å². The quantitative estimate of drug-likeness (QED) is 0.735. The predicted octanol–water partition coefficient (Wildman–Crippen LogP) is 4.66.